The Bertz CT molecular complexity index is 569. The van der Waals surface area contributed by atoms with Crippen molar-refractivity contribution in [3.63, 3.8) is 0 Å². The van der Waals surface area contributed by atoms with Gasteiger partial charge in [0, 0.05) is 4.47 Å². The molecule has 1 atom stereocenters. The molecule has 0 heterocycles. The molecule has 0 radical (unpaired) electrons. The number of rotatable bonds is 5. The monoisotopic (exact) mass is 340 g/mol. The maximum atomic E-state index is 13.5. The fourth-order valence-electron chi connectivity index (χ4n) is 1.94. The number of nitrogens with zero attached hydrogens (tertiary/aromatic N) is 1. The lowest BCUT2D eigenvalue weighted by Gasteiger charge is -2.22. The molecule has 1 aliphatic rings. The number of amides is 1. The average Bonchev–Trinajstić information content (AvgIpc) is 3.22. The number of carbonyl (C=O) groups is 1. The first kappa shape index (κ1) is 14.8. The molecule has 6 heteroatoms. The third-order valence-corrected chi connectivity index (χ3v) is 3.77. The summed E-state index contributed by atoms with van der Waals surface area (Å²) in [6, 6.07) is 6.45. The fourth-order valence-corrected chi connectivity index (χ4v) is 2.28. The first-order valence-corrected chi connectivity index (χ1v) is 7.04. The average molecular weight is 341 g/mol. The Morgan fingerprint density at radius 3 is 2.90 bits per heavy atom. The van der Waals surface area contributed by atoms with Crippen LogP contribution in [-0.4, -0.2) is 18.1 Å². The molecule has 1 aromatic rings. The lowest BCUT2D eigenvalue weighted by Crippen LogP contribution is -2.48. The highest BCUT2D eigenvalue weighted by molar-refractivity contribution is 9.10. The van der Waals surface area contributed by atoms with Crippen LogP contribution in [0.4, 0.5) is 4.39 Å². The van der Waals surface area contributed by atoms with Crippen LogP contribution in [0.15, 0.2) is 22.7 Å². The molecule has 4 nitrogen and oxygen atoms in total. The maximum Gasteiger partial charge on any atom is 0.259 e. The molecule has 0 aliphatic heterocycles. The van der Waals surface area contributed by atoms with Gasteiger partial charge < -0.3 is 10.1 Å². The molecule has 0 saturated heterocycles. The van der Waals surface area contributed by atoms with Crippen molar-refractivity contribution in [1.82, 2.24) is 5.32 Å². The molecule has 106 valence electrons. The van der Waals surface area contributed by atoms with Gasteiger partial charge in [0.05, 0.1) is 6.07 Å². The van der Waals surface area contributed by atoms with Crippen LogP contribution in [0.3, 0.4) is 0 Å². The summed E-state index contributed by atoms with van der Waals surface area (Å²) >= 11 is 3.14. The highest BCUT2D eigenvalue weighted by Gasteiger charge is 2.43. The van der Waals surface area contributed by atoms with Gasteiger partial charge in [-0.3, -0.25) is 4.79 Å². The highest BCUT2D eigenvalue weighted by Crippen LogP contribution is 2.39. The molecule has 20 heavy (non-hydrogen) atoms. The molecule has 0 bridgehead atoms. The summed E-state index contributed by atoms with van der Waals surface area (Å²) in [4.78, 5) is 11.8. The Morgan fingerprint density at radius 2 is 2.35 bits per heavy atom. The van der Waals surface area contributed by atoms with Gasteiger partial charge in [0.15, 0.2) is 18.2 Å². The van der Waals surface area contributed by atoms with E-state index in [-0.39, 0.29) is 18.3 Å². The normalized spacial score (nSPS) is 16.9. The Balaban J connectivity index is 1.90. The van der Waals surface area contributed by atoms with Crippen LogP contribution in [0, 0.1) is 23.1 Å². The summed E-state index contributed by atoms with van der Waals surface area (Å²) in [5.74, 6) is -0.769. The van der Waals surface area contributed by atoms with Crippen molar-refractivity contribution in [2.24, 2.45) is 5.92 Å². The first-order chi connectivity index (χ1) is 9.44. The number of hydrogen-bond acceptors (Lipinski definition) is 3. The number of benzene rings is 1. The highest BCUT2D eigenvalue weighted by atomic mass is 79.9. The number of halogens is 2. The van der Waals surface area contributed by atoms with Gasteiger partial charge in [-0.2, -0.15) is 5.26 Å². The van der Waals surface area contributed by atoms with Crippen molar-refractivity contribution in [3.8, 4) is 11.8 Å². The minimum Gasteiger partial charge on any atom is -0.481 e. The van der Waals surface area contributed by atoms with Crippen LogP contribution >= 0.6 is 15.9 Å². The van der Waals surface area contributed by atoms with E-state index in [0.717, 1.165) is 12.8 Å². The van der Waals surface area contributed by atoms with Gasteiger partial charge in [-0.1, -0.05) is 15.9 Å². The molecule has 0 aromatic heterocycles. The Hall–Kier alpha value is -1.61. The molecular formula is C14H14BrFN2O2. The zero-order chi connectivity index (χ0) is 14.8. The van der Waals surface area contributed by atoms with E-state index in [1.807, 2.05) is 0 Å². The number of ether oxygens (including phenoxy) is 1. The van der Waals surface area contributed by atoms with Gasteiger partial charge in [0.1, 0.15) is 5.54 Å². The summed E-state index contributed by atoms with van der Waals surface area (Å²) in [7, 11) is 0. The summed E-state index contributed by atoms with van der Waals surface area (Å²) in [5, 5.41) is 11.8. The van der Waals surface area contributed by atoms with Crippen molar-refractivity contribution in [2.45, 2.75) is 25.3 Å². The molecule has 1 N–H and O–H groups in total. The number of hydrogen-bond donors (Lipinski definition) is 1. The summed E-state index contributed by atoms with van der Waals surface area (Å²) in [6.07, 6.45) is 1.87. The quantitative estimate of drug-likeness (QED) is 0.896. The van der Waals surface area contributed by atoms with Gasteiger partial charge >= 0.3 is 0 Å². The summed E-state index contributed by atoms with van der Waals surface area (Å²) < 4.78 is 19.2. The predicted molar refractivity (Wildman–Crippen MR) is 74.5 cm³/mol. The molecule has 1 amide bonds. The van der Waals surface area contributed by atoms with E-state index in [1.54, 1.807) is 13.0 Å². The summed E-state index contributed by atoms with van der Waals surface area (Å²) in [6.45, 7) is 1.38. The second-order valence-corrected chi connectivity index (χ2v) is 5.92. The molecule has 1 aromatic carbocycles. The zero-order valence-electron chi connectivity index (χ0n) is 11.0. The van der Waals surface area contributed by atoms with E-state index in [4.69, 9.17) is 10.00 Å². The van der Waals surface area contributed by atoms with Crippen molar-refractivity contribution in [1.29, 1.82) is 5.26 Å². The molecule has 2 rings (SSSR count). The Kier molecular flexibility index (Phi) is 4.29. The zero-order valence-corrected chi connectivity index (χ0v) is 12.5. The van der Waals surface area contributed by atoms with Crippen LogP contribution in [0.2, 0.25) is 0 Å². The van der Waals surface area contributed by atoms with Crippen molar-refractivity contribution >= 4 is 21.8 Å². The van der Waals surface area contributed by atoms with Gasteiger partial charge in [-0.25, -0.2) is 4.39 Å². The Labute approximate surface area is 125 Å². The SMILES string of the molecule is CC(C#N)(NC(=O)COc1ccc(Br)cc1F)C1CC1. The summed E-state index contributed by atoms with van der Waals surface area (Å²) in [5.41, 5.74) is -0.862. The van der Waals surface area contributed by atoms with Gasteiger partial charge in [0.25, 0.3) is 5.91 Å². The molecule has 1 aliphatic carbocycles. The smallest absolute Gasteiger partial charge is 0.259 e. The van der Waals surface area contributed by atoms with Gasteiger partial charge in [-0.05, 0) is 43.9 Å². The third-order valence-electron chi connectivity index (χ3n) is 3.28. The van der Waals surface area contributed by atoms with Crippen LogP contribution in [0.25, 0.3) is 0 Å². The van der Waals surface area contributed by atoms with Crippen molar-refractivity contribution < 1.29 is 13.9 Å². The standard InChI is InChI=1S/C14H14BrFN2O2/c1-14(8-17,9-2-3-9)18-13(19)7-20-12-5-4-10(15)6-11(12)16/h4-6,9H,2-3,7H2,1H3,(H,18,19). The van der Waals surface area contributed by atoms with Crippen LogP contribution in [-0.2, 0) is 4.79 Å². The van der Waals surface area contributed by atoms with Crippen molar-refractivity contribution in [2.75, 3.05) is 6.61 Å². The molecule has 1 unspecified atom stereocenters. The maximum absolute atomic E-state index is 13.5. The van der Waals surface area contributed by atoms with E-state index in [9.17, 15) is 9.18 Å². The molecule has 1 saturated carbocycles. The fraction of sp³-hybridized carbons (Fsp3) is 0.429. The first-order valence-electron chi connectivity index (χ1n) is 6.25. The van der Waals surface area contributed by atoms with Gasteiger partial charge in [0.2, 0.25) is 0 Å². The van der Waals surface area contributed by atoms with Gasteiger partial charge in [-0.15, -0.1) is 0 Å². The van der Waals surface area contributed by atoms with E-state index in [0.29, 0.717) is 4.47 Å². The molecule has 1 fully saturated rings. The number of nitriles is 1. The van der Waals surface area contributed by atoms with E-state index in [2.05, 4.69) is 27.3 Å². The minimum absolute atomic E-state index is 0.00781. The van der Waals surface area contributed by atoms with E-state index >= 15 is 0 Å². The Morgan fingerprint density at radius 1 is 1.65 bits per heavy atom. The van der Waals surface area contributed by atoms with E-state index < -0.39 is 17.3 Å². The number of nitrogens with one attached hydrogen (secondary N) is 1. The largest absolute Gasteiger partial charge is 0.481 e. The minimum atomic E-state index is -0.862. The second-order valence-electron chi connectivity index (χ2n) is 5.00. The second kappa shape index (κ2) is 5.80. The molecular weight excluding hydrogens is 327 g/mol. The molecule has 0 spiro atoms. The lowest BCUT2D eigenvalue weighted by atomic mass is 9.98. The van der Waals surface area contributed by atoms with E-state index in [1.165, 1.54) is 12.1 Å². The van der Waals surface area contributed by atoms with Crippen LogP contribution in [0.1, 0.15) is 19.8 Å². The van der Waals surface area contributed by atoms with Crippen molar-refractivity contribution in [3.05, 3.63) is 28.5 Å². The predicted octanol–water partition coefficient (Wildman–Crippen LogP) is 2.78. The third kappa shape index (κ3) is 3.48. The lowest BCUT2D eigenvalue weighted by molar-refractivity contribution is -0.124. The topological polar surface area (TPSA) is 62.1 Å². The number of carbonyl (C=O) groups excluding carboxylic acids is 1. The van der Waals surface area contributed by atoms with Crippen LogP contribution in [0.5, 0.6) is 5.75 Å². The van der Waals surface area contributed by atoms with Crippen LogP contribution < -0.4 is 10.1 Å².